The number of nitrogens with one attached hydrogen (secondary N) is 4. The van der Waals surface area contributed by atoms with Gasteiger partial charge in [0, 0.05) is 31.0 Å². The molecular formula is C39H44N8O6. The summed E-state index contributed by atoms with van der Waals surface area (Å²) < 4.78 is 9.86. The molecular weight excluding hydrogens is 676 g/mol. The van der Waals surface area contributed by atoms with E-state index in [-0.39, 0.29) is 43.9 Å². The van der Waals surface area contributed by atoms with E-state index in [1.54, 1.807) is 16.9 Å². The van der Waals surface area contributed by atoms with Gasteiger partial charge in [-0.1, -0.05) is 50.2 Å². The van der Waals surface area contributed by atoms with Gasteiger partial charge in [-0.05, 0) is 58.5 Å². The molecule has 2 aromatic heterocycles. The van der Waals surface area contributed by atoms with Crippen molar-refractivity contribution in [3.8, 4) is 11.1 Å². The molecule has 14 heteroatoms. The molecule has 0 bridgehead atoms. The average molecular weight is 721 g/mol. The van der Waals surface area contributed by atoms with Gasteiger partial charge in [0.1, 0.15) is 18.2 Å². The lowest BCUT2D eigenvalue weighted by Crippen LogP contribution is -2.40. The number of alkyl carbamates (subject to hydrolysis) is 1. The predicted molar refractivity (Wildman–Crippen MR) is 203 cm³/mol. The molecule has 6 rings (SSSR count). The third-order valence-corrected chi connectivity index (χ3v) is 9.14. The maximum Gasteiger partial charge on any atom is 0.407 e. The van der Waals surface area contributed by atoms with E-state index in [4.69, 9.17) is 14.7 Å². The molecule has 276 valence electrons. The molecule has 0 aliphatic heterocycles. The Labute approximate surface area is 306 Å². The van der Waals surface area contributed by atoms with Crippen molar-refractivity contribution in [1.29, 1.82) is 0 Å². The van der Waals surface area contributed by atoms with Crippen molar-refractivity contribution in [2.75, 3.05) is 47.0 Å². The first-order valence-electron chi connectivity index (χ1n) is 17.6. The first-order chi connectivity index (χ1) is 25.7. The zero-order chi connectivity index (χ0) is 37.5. The predicted octanol–water partition coefficient (Wildman–Crippen LogP) is 4.86. The van der Waals surface area contributed by atoms with Crippen molar-refractivity contribution in [3.63, 3.8) is 0 Å². The Morgan fingerprint density at radius 3 is 1.91 bits per heavy atom. The lowest BCUT2D eigenvalue weighted by Gasteiger charge is -2.24. The molecule has 0 radical (unpaired) electrons. The number of hydrogen-bond donors (Lipinski definition) is 4. The zero-order valence-electron chi connectivity index (χ0n) is 30.3. The molecule has 2 heterocycles. The minimum atomic E-state index is -0.652. The van der Waals surface area contributed by atoms with Crippen molar-refractivity contribution in [1.82, 2.24) is 40.4 Å². The molecule has 0 unspecified atom stereocenters. The first-order valence-corrected chi connectivity index (χ1v) is 17.6. The second kappa shape index (κ2) is 16.5. The van der Waals surface area contributed by atoms with Crippen molar-refractivity contribution >= 4 is 67.9 Å². The molecule has 4 N–H and O–H groups in total. The summed E-state index contributed by atoms with van der Waals surface area (Å²) in [6, 6.07) is 20.8. The van der Waals surface area contributed by atoms with Crippen LogP contribution in [-0.2, 0) is 36.9 Å². The standard InChI is InChI=1S/C39H44N8O6/c1-5-14-46(36(50)18-41-39(51)53-4)20-33-42-31-12-8-27-15-25(6-10-29(27)37(31)44-33)26-7-11-30-28(16-26)9-13-32-38(30)45-34(43-32)21-47(19-24(2)22-52-3)35(49)17-40-23-48/h6-13,15-16,23-24H,5,14,17-22H2,1-4H3,(H,40,48)(H,41,51)(H,42,44)(H,43,45)/t24-/m1/s1. The molecule has 0 spiro atoms. The van der Waals surface area contributed by atoms with Gasteiger partial charge in [0.25, 0.3) is 0 Å². The Bertz CT molecular complexity index is 2280. The fourth-order valence-electron chi connectivity index (χ4n) is 6.68. The average Bonchev–Trinajstić information content (AvgIpc) is 3.78. The summed E-state index contributed by atoms with van der Waals surface area (Å²) in [5, 5.41) is 8.97. The number of benzene rings is 4. The number of aromatic amines is 2. The molecule has 0 aliphatic carbocycles. The Hall–Kier alpha value is -6.02. The van der Waals surface area contributed by atoms with Gasteiger partial charge in [0.15, 0.2) is 0 Å². The van der Waals surface area contributed by atoms with Crippen molar-refractivity contribution < 1.29 is 28.7 Å². The Morgan fingerprint density at radius 1 is 0.811 bits per heavy atom. The number of amides is 4. The first kappa shape index (κ1) is 36.8. The third-order valence-electron chi connectivity index (χ3n) is 9.14. The number of carbonyl (C=O) groups is 4. The second-order valence-corrected chi connectivity index (χ2v) is 13.2. The quantitative estimate of drug-likeness (QED) is 0.103. The number of nitrogens with zero attached hydrogens (tertiary/aromatic N) is 4. The van der Waals surface area contributed by atoms with Crippen LogP contribution in [0.5, 0.6) is 0 Å². The van der Waals surface area contributed by atoms with E-state index in [9.17, 15) is 19.2 Å². The molecule has 4 aromatic carbocycles. The Balaban J connectivity index is 1.23. The maximum absolute atomic E-state index is 12.9. The van der Waals surface area contributed by atoms with Gasteiger partial charge < -0.3 is 39.9 Å². The fraction of sp³-hybridized carbons (Fsp3) is 0.333. The summed E-state index contributed by atoms with van der Waals surface area (Å²) >= 11 is 0. The molecule has 53 heavy (non-hydrogen) atoms. The van der Waals surface area contributed by atoms with Gasteiger partial charge in [-0.25, -0.2) is 14.8 Å². The number of carbonyl (C=O) groups excluding carboxylic acids is 4. The summed E-state index contributed by atoms with van der Waals surface area (Å²) in [6.07, 6.45) is 0.630. The van der Waals surface area contributed by atoms with E-state index in [0.717, 1.165) is 61.2 Å². The van der Waals surface area contributed by atoms with Crippen LogP contribution in [0.15, 0.2) is 60.7 Å². The van der Waals surface area contributed by atoms with E-state index in [2.05, 4.69) is 73.9 Å². The van der Waals surface area contributed by atoms with E-state index < -0.39 is 6.09 Å². The highest BCUT2D eigenvalue weighted by Gasteiger charge is 2.20. The van der Waals surface area contributed by atoms with Gasteiger partial charge in [-0.3, -0.25) is 14.4 Å². The molecule has 0 saturated carbocycles. The molecule has 0 fully saturated rings. The van der Waals surface area contributed by atoms with Crippen LogP contribution < -0.4 is 10.6 Å². The smallest absolute Gasteiger partial charge is 0.407 e. The zero-order valence-corrected chi connectivity index (χ0v) is 30.3. The number of H-pyrrole nitrogens is 2. The van der Waals surface area contributed by atoms with E-state index in [1.807, 2.05) is 26.0 Å². The van der Waals surface area contributed by atoms with Crippen LogP contribution in [0.2, 0.25) is 0 Å². The minimum Gasteiger partial charge on any atom is -0.453 e. The van der Waals surface area contributed by atoms with E-state index in [1.165, 1.54) is 7.11 Å². The molecule has 0 aliphatic rings. The summed E-state index contributed by atoms with van der Waals surface area (Å²) in [5.74, 6) is 1.000. The summed E-state index contributed by atoms with van der Waals surface area (Å²) in [5.41, 5.74) is 5.50. The highest BCUT2D eigenvalue weighted by atomic mass is 16.5. The van der Waals surface area contributed by atoms with Crippen LogP contribution in [0, 0.1) is 5.92 Å². The number of rotatable bonds is 16. The summed E-state index contributed by atoms with van der Waals surface area (Å²) in [4.78, 5) is 67.9. The normalized spacial score (nSPS) is 11.9. The number of imidazole rings is 2. The highest BCUT2D eigenvalue weighted by molar-refractivity contribution is 6.07. The summed E-state index contributed by atoms with van der Waals surface area (Å²) in [7, 11) is 2.89. The van der Waals surface area contributed by atoms with Crippen LogP contribution in [-0.4, -0.2) is 101 Å². The highest BCUT2D eigenvalue weighted by Crippen LogP contribution is 2.32. The molecule has 4 amide bonds. The largest absolute Gasteiger partial charge is 0.453 e. The molecule has 1 atom stereocenters. The van der Waals surface area contributed by atoms with Crippen LogP contribution >= 0.6 is 0 Å². The number of aromatic nitrogens is 4. The number of fused-ring (bicyclic) bond motifs is 6. The topological polar surface area (TPSA) is 175 Å². The van der Waals surface area contributed by atoms with Crippen LogP contribution in [0.4, 0.5) is 4.79 Å². The van der Waals surface area contributed by atoms with Crippen LogP contribution in [0.25, 0.3) is 54.7 Å². The fourth-order valence-corrected chi connectivity index (χ4v) is 6.68. The lowest BCUT2D eigenvalue weighted by molar-refractivity contribution is -0.133. The summed E-state index contributed by atoms with van der Waals surface area (Å²) in [6.45, 7) is 5.81. The van der Waals surface area contributed by atoms with Gasteiger partial charge in [0.05, 0.1) is 55.4 Å². The van der Waals surface area contributed by atoms with Crippen LogP contribution in [0.1, 0.15) is 31.9 Å². The number of ether oxygens (including phenoxy) is 2. The second-order valence-electron chi connectivity index (χ2n) is 13.2. The Kier molecular flexibility index (Phi) is 11.5. The van der Waals surface area contributed by atoms with Gasteiger partial charge in [0.2, 0.25) is 18.2 Å². The Morgan fingerprint density at radius 2 is 1.38 bits per heavy atom. The monoisotopic (exact) mass is 720 g/mol. The van der Waals surface area contributed by atoms with Crippen LogP contribution in [0.3, 0.4) is 0 Å². The SMILES string of the molecule is CCCN(Cc1nc2c(ccc3cc(-c4ccc5c(ccc6[nH]c(CN(C[C@@H](C)COC)C(=O)CNC=O)nc65)c4)ccc32)[nH]1)C(=O)CNC(=O)OC. The van der Waals surface area contributed by atoms with Gasteiger partial charge >= 0.3 is 6.09 Å². The molecule has 6 aromatic rings. The maximum atomic E-state index is 12.9. The van der Waals surface area contributed by atoms with Crippen molar-refractivity contribution in [2.45, 2.75) is 33.4 Å². The number of hydrogen-bond acceptors (Lipinski definition) is 8. The van der Waals surface area contributed by atoms with E-state index in [0.29, 0.717) is 37.8 Å². The molecule has 0 saturated heterocycles. The number of methoxy groups -OCH3 is 2. The molecule has 14 nitrogen and oxygen atoms in total. The minimum absolute atomic E-state index is 0.0869. The van der Waals surface area contributed by atoms with E-state index >= 15 is 0 Å². The van der Waals surface area contributed by atoms with Crippen molar-refractivity contribution in [2.24, 2.45) is 5.92 Å². The lowest BCUT2D eigenvalue weighted by atomic mass is 9.98. The van der Waals surface area contributed by atoms with Gasteiger partial charge in [-0.2, -0.15) is 0 Å². The van der Waals surface area contributed by atoms with Crippen molar-refractivity contribution in [3.05, 3.63) is 72.3 Å². The van der Waals surface area contributed by atoms with Gasteiger partial charge in [-0.15, -0.1) is 0 Å². The third kappa shape index (κ3) is 8.39.